The number of alkyl halides is 3. The van der Waals surface area contributed by atoms with Crippen LogP contribution in [0.15, 0.2) is 69.5 Å². The summed E-state index contributed by atoms with van der Waals surface area (Å²) in [5.74, 6) is 0.424. The average Bonchev–Trinajstić information content (AvgIpc) is 2.67. The third kappa shape index (κ3) is 4.43. The molecule has 0 bridgehead atoms. The highest BCUT2D eigenvalue weighted by molar-refractivity contribution is 7.99. The Morgan fingerprint density at radius 3 is 2.30 bits per heavy atom. The summed E-state index contributed by atoms with van der Waals surface area (Å²) in [5.41, 5.74) is 0.279. The zero-order valence-electron chi connectivity index (χ0n) is 14.0. The highest BCUT2D eigenvalue weighted by Gasteiger charge is 2.30. The molecule has 0 unspecified atom stereocenters. The third-order valence-corrected chi connectivity index (χ3v) is 5.22. The first-order valence-electron chi connectivity index (χ1n) is 7.69. The molecule has 1 aromatic heterocycles. The van der Waals surface area contributed by atoms with E-state index in [1.54, 1.807) is 12.3 Å². The lowest BCUT2D eigenvalue weighted by Crippen LogP contribution is -2.04. The monoisotopic (exact) mass is 403 g/mol. The number of aromatic nitrogens is 2. The van der Waals surface area contributed by atoms with Gasteiger partial charge in [0.15, 0.2) is 5.82 Å². The molecule has 0 aliphatic carbocycles. The Morgan fingerprint density at radius 1 is 0.963 bits per heavy atom. The third-order valence-electron chi connectivity index (χ3n) is 3.56. The van der Waals surface area contributed by atoms with Gasteiger partial charge in [0, 0.05) is 10.5 Å². The van der Waals surface area contributed by atoms with Gasteiger partial charge in [-0.1, -0.05) is 48.2 Å². The van der Waals surface area contributed by atoms with Gasteiger partial charge in [0.2, 0.25) is 0 Å². The van der Waals surface area contributed by atoms with E-state index in [0.717, 1.165) is 29.5 Å². The summed E-state index contributed by atoms with van der Waals surface area (Å²) in [7, 11) is 0. The van der Waals surface area contributed by atoms with Crippen LogP contribution in [0.1, 0.15) is 11.1 Å². The minimum atomic E-state index is -4.43. The van der Waals surface area contributed by atoms with Crippen LogP contribution < -0.4 is 0 Å². The Balaban J connectivity index is 2.08. The second kappa shape index (κ2) is 8.03. The van der Waals surface area contributed by atoms with E-state index >= 15 is 0 Å². The normalized spacial score (nSPS) is 11.2. The van der Waals surface area contributed by atoms with Crippen molar-refractivity contribution < 1.29 is 13.2 Å². The summed E-state index contributed by atoms with van der Waals surface area (Å²) in [6.07, 6.45) is -2.64. The van der Waals surface area contributed by atoms with Gasteiger partial charge in [-0.2, -0.15) is 18.4 Å². The topological polar surface area (TPSA) is 49.6 Å². The molecule has 3 rings (SSSR count). The quantitative estimate of drug-likeness (QED) is 0.400. The molecular weight excluding hydrogens is 391 g/mol. The molecule has 3 aromatic rings. The predicted octanol–water partition coefficient (Wildman–Crippen LogP) is 5.91. The molecule has 0 saturated heterocycles. The second-order valence-electron chi connectivity index (χ2n) is 5.34. The van der Waals surface area contributed by atoms with E-state index in [4.69, 9.17) is 0 Å². The molecule has 3 nitrogen and oxygen atoms in total. The molecule has 0 aliphatic heterocycles. The number of nitriles is 1. The summed E-state index contributed by atoms with van der Waals surface area (Å²) >= 11 is 2.31. The van der Waals surface area contributed by atoms with Crippen molar-refractivity contribution in [1.29, 1.82) is 5.26 Å². The fourth-order valence-electron chi connectivity index (χ4n) is 2.30. The summed E-state index contributed by atoms with van der Waals surface area (Å²) in [6.45, 7) is 0. The van der Waals surface area contributed by atoms with Crippen LogP contribution in [0.3, 0.4) is 0 Å². The van der Waals surface area contributed by atoms with Crippen LogP contribution in [-0.2, 0) is 6.18 Å². The number of hydrogen-bond acceptors (Lipinski definition) is 5. The highest BCUT2D eigenvalue weighted by Crippen LogP contribution is 2.37. The van der Waals surface area contributed by atoms with E-state index in [1.165, 1.54) is 17.8 Å². The molecule has 27 heavy (non-hydrogen) atoms. The van der Waals surface area contributed by atoms with Crippen molar-refractivity contribution >= 4 is 23.5 Å². The lowest BCUT2D eigenvalue weighted by atomic mass is 10.2. The number of thioether (sulfide) groups is 1. The molecule has 0 fully saturated rings. The molecular formula is C19H12F3N3S2. The molecule has 0 aliphatic rings. The lowest BCUT2D eigenvalue weighted by Gasteiger charge is -2.11. The molecule has 0 N–H and O–H groups in total. The second-order valence-corrected chi connectivity index (χ2v) is 7.20. The van der Waals surface area contributed by atoms with Gasteiger partial charge < -0.3 is 0 Å². The number of hydrogen-bond donors (Lipinski definition) is 0. The van der Waals surface area contributed by atoms with Crippen LogP contribution in [0.4, 0.5) is 13.2 Å². The van der Waals surface area contributed by atoms with Crippen LogP contribution in [0.25, 0.3) is 11.4 Å². The van der Waals surface area contributed by atoms with Gasteiger partial charge >= 0.3 is 6.18 Å². The molecule has 0 radical (unpaired) electrons. The smallest absolute Gasteiger partial charge is 0.220 e. The van der Waals surface area contributed by atoms with Crippen LogP contribution in [0, 0.1) is 11.3 Å². The maximum absolute atomic E-state index is 13.0. The van der Waals surface area contributed by atoms with Gasteiger partial charge in [-0.15, -0.1) is 11.8 Å². The van der Waals surface area contributed by atoms with Crippen molar-refractivity contribution in [1.82, 2.24) is 9.97 Å². The van der Waals surface area contributed by atoms with Crippen LogP contribution in [0.5, 0.6) is 0 Å². The van der Waals surface area contributed by atoms with Gasteiger partial charge in [0.05, 0.1) is 5.56 Å². The Kier molecular flexibility index (Phi) is 5.73. The van der Waals surface area contributed by atoms with E-state index in [9.17, 15) is 18.4 Å². The first-order valence-corrected chi connectivity index (χ1v) is 9.73. The van der Waals surface area contributed by atoms with Crippen molar-refractivity contribution in [2.24, 2.45) is 0 Å². The zero-order valence-corrected chi connectivity index (χ0v) is 15.6. The number of benzene rings is 2. The molecule has 2 aromatic carbocycles. The Bertz CT molecular complexity index is 999. The van der Waals surface area contributed by atoms with Crippen molar-refractivity contribution in [2.75, 3.05) is 6.26 Å². The van der Waals surface area contributed by atoms with E-state index in [1.807, 2.05) is 30.3 Å². The Morgan fingerprint density at radius 2 is 1.67 bits per heavy atom. The van der Waals surface area contributed by atoms with Crippen LogP contribution in [0.2, 0.25) is 0 Å². The average molecular weight is 403 g/mol. The van der Waals surface area contributed by atoms with Gasteiger partial charge in [-0.25, -0.2) is 9.97 Å². The molecule has 0 atom stereocenters. The van der Waals surface area contributed by atoms with Crippen LogP contribution >= 0.6 is 23.5 Å². The van der Waals surface area contributed by atoms with Gasteiger partial charge in [-0.3, -0.25) is 0 Å². The van der Waals surface area contributed by atoms with Crippen LogP contribution in [-0.4, -0.2) is 16.2 Å². The number of halogens is 3. The van der Waals surface area contributed by atoms with Gasteiger partial charge in [-0.05, 0) is 24.5 Å². The molecule has 0 spiro atoms. The number of rotatable bonds is 4. The summed E-state index contributed by atoms with van der Waals surface area (Å²) in [5, 5.41) is 10.3. The fourth-order valence-corrected chi connectivity index (χ4v) is 3.82. The van der Waals surface area contributed by atoms with Crippen molar-refractivity contribution in [3.63, 3.8) is 0 Å². The van der Waals surface area contributed by atoms with E-state index in [0.29, 0.717) is 20.8 Å². The summed E-state index contributed by atoms with van der Waals surface area (Å²) in [6, 6.07) is 16.3. The standard InChI is InChI=1S/C19H12F3N3S2/c1-26-17-15(11-23)18(25-16(24-17)12-6-3-2-4-7-12)27-14-9-5-8-13(10-14)19(20,21)22/h2-10H,1H3. The molecule has 0 saturated carbocycles. The van der Waals surface area contributed by atoms with E-state index < -0.39 is 11.7 Å². The summed E-state index contributed by atoms with van der Waals surface area (Å²) < 4.78 is 38.9. The SMILES string of the molecule is CSc1nc(-c2ccccc2)nc(Sc2cccc(C(F)(F)F)c2)c1C#N. The number of nitrogens with zero attached hydrogens (tertiary/aromatic N) is 3. The van der Waals surface area contributed by atoms with E-state index in [-0.39, 0.29) is 5.56 Å². The lowest BCUT2D eigenvalue weighted by molar-refractivity contribution is -0.137. The van der Waals surface area contributed by atoms with Crippen molar-refractivity contribution in [3.05, 3.63) is 65.7 Å². The minimum absolute atomic E-state index is 0.254. The molecule has 1 heterocycles. The van der Waals surface area contributed by atoms with Crippen molar-refractivity contribution in [2.45, 2.75) is 21.1 Å². The predicted molar refractivity (Wildman–Crippen MR) is 99.5 cm³/mol. The first-order chi connectivity index (χ1) is 12.9. The largest absolute Gasteiger partial charge is 0.416 e. The Hall–Kier alpha value is -2.50. The maximum Gasteiger partial charge on any atom is 0.416 e. The van der Waals surface area contributed by atoms with E-state index in [2.05, 4.69) is 16.0 Å². The Labute approximate surface area is 162 Å². The fraction of sp³-hybridized carbons (Fsp3) is 0.105. The van der Waals surface area contributed by atoms with Gasteiger partial charge in [0.1, 0.15) is 21.7 Å². The summed E-state index contributed by atoms with van der Waals surface area (Å²) in [4.78, 5) is 9.22. The zero-order chi connectivity index (χ0) is 19.4. The molecule has 0 amide bonds. The van der Waals surface area contributed by atoms with Gasteiger partial charge in [0.25, 0.3) is 0 Å². The highest BCUT2D eigenvalue weighted by atomic mass is 32.2. The first kappa shape index (κ1) is 19.3. The van der Waals surface area contributed by atoms with Crippen molar-refractivity contribution in [3.8, 4) is 17.5 Å². The maximum atomic E-state index is 13.0. The minimum Gasteiger partial charge on any atom is -0.220 e. The molecule has 8 heteroatoms. The molecule has 136 valence electrons.